The fourth-order valence-electron chi connectivity index (χ4n) is 2.28. The average molecular weight is 294 g/mol. The van der Waals surface area contributed by atoms with Gasteiger partial charge in [-0.2, -0.15) is 5.10 Å². The van der Waals surface area contributed by atoms with E-state index in [1.165, 1.54) is 0 Å². The Hall–Kier alpha value is -1.52. The summed E-state index contributed by atoms with van der Waals surface area (Å²) in [6, 6.07) is 6.11. The summed E-state index contributed by atoms with van der Waals surface area (Å²) in [5.74, 6) is 0.773. The van der Waals surface area contributed by atoms with Crippen molar-refractivity contribution in [2.45, 2.75) is 19.9 Å². The van der Waals surface area contributed by atoms with E-state index in [1.807, 2.05) is 30.8 Å². The van der Waals surface area contributed by atoms with Crippen molar-refractivity contribution in [1.82, 2.24) is 15.1 Å². The molecule has 0 aliphatic rings. The molecule has 1 aromatic carbocycles. The van der Waals surface area contributed by atoms with Crippen molar-refractivity contribution in [3.05, 3.63) is 46.2 Å². The molecule has 2 aromatic rings. The van der Waals surface area contributed by atoms with Crippen LogP contribution in [0.3, 0.4) is 0 Å². The van der Waals surface area contributed by atoms with E-state index in [1.54, 1.807) is 13.3 Å². The normalized spacial score (nSPS) is 12.4. The predicted molar refractivity (Wildman–Crippen MR) is 81.5 cm³/mol. The van der Waals surface area contributed by atoms with Crippen LogP contribution in [0.5, 0.6) is 5.75 Å². The zero-order chi connectivity index (χ0) is 14.7. The molecule has 4 nitrogen and oxygen atoms in total. The monoisotopic (exact) mass is 293 g/mol. The fraction of sp³-hybridized carbons (Fsp3) is 0.400. The van der Waals surface area contributed by atoms with Gasteiger partial charge in [0.05, 0.1) is 19.3 Å². The number of ether oxygens (including phenoxy) is 1. The van der Waals surface area contributed by atoms with Crippen molar-refractivity contribution in [2.75, 3.05) is 13.7 Å². The van der Waals surface area contributed by atoms with Gasteiger partial charge in [-0.15, -0.1) is 0 Å². The second-order valence-corrected chi connectivity index (χ2v) is 5.13. The molecule has 0 amide bonds. The standard InChI is InChI=1S/C15H20ClN3O/c1-5-17-14(11-7-6-10(2)12(16)8-11)15-13(20-4)9-18-19(15)3/h6-9,14,17H,5H2,1-4H3. The van der Waals surface area contributed by atoms with Crippen LogP contribution in [0.1, 0.15) is 29.8 Å². The van der Waals surface area contributed by atoms with Gasteiger partial charge in [0.25, 0.3) is 0 Å². The molecule has 1 heterocycles. The number of methoxy groups -OCH3 is 1. The lowest BCUT2D eigenvalue weighted by Crippen LogP contribution is -2.24. The van der Waals surface area contributed by atoms with Gasteiger partial charge in [-0.3, -0.25) is 4.68 Å². The minimum absolute atomic E-state index is 0.000509. The molecule has 0 bridgehead atoms. The molecular weight excluding hydrogens is 274 g/mol. The van der Waals surface area contributed by atoms with E-state index < -0.39 is 0 Å². The van der Waals surface area contributed by atoms with Crippen LogP contribution in [0, 0.1) is 6.92 Å². The lowest BCUT2D eigenvalue weighted by Gasteiger charge is -2.20. The van der Waals surface area contributed by atoms with Crippen LogP contribution in [-0.4, -0.2) is 23.4 Å². The number of nitrogens with zero attached hydrogens (tertiary/aromatic N) is 2. The summed E-state index contributed by atoms with van der Waals surface area (Å²) < 4.78 is 7.25. The third-order valence-electron chi connectivity index (χ3n) is 3.38. The first kappa shape index (κ1) is 14.9. The van der Waals surface area contributed by atoms with Gasteiger partial charge in [-0.05, 0) is 30.7 Å². The van der Waals surface area contributed by atoms with Gasteiger partial charge in [0.1, 0.15) is 5.69 Å². The van der Waals surface area contributed by atoms with Gasteiger partial charge in [0.15, 0.2) is 5.75 Å². The fourth-order valence-corrected chi connectivity index (χ4v) is 2.47. The van der Waals surface area contributed by atoms with E-state index in [-0.39, 0.29) is 6.04 Å². The molecule has 108 valence electrons. The molecule has 0 spiro atoms. The molecule has 1 unspecified atom stereocenters. The lowest BCUT2D eigenvalue weighted by molar-refractivity contribution is 0.401. The quantitative estimate of drug-likeness (QED) is 0.921. The Labute approximate surface area is 124 Å². The van der Waals surface area contributed by atoms with Gasteiger partial charge in [-0.1, -0.05) is 30.7 Å². The van der Waals surface area contributed by atoms with Crippen LogP contribution in [0.2, 0.25) is 5.02 Å². The second kappa shape index (κ2) is 6.29. The van der Waals surface area contributed by atoms with Crippen molar-refractivity contribution in [1.29, 1.82) is 0 Å². The first-order chi connectivity index (χ1) is 9.58. The number of aryl methyl sites for hydroxylation is 2. The van der Waals surface area contributed by atoms with Crippen molar-refractivity contribution >= 4 is 11.6 Å². The van der Waals surface area contributed by atoms with Crippen molar-refractivity contribution in [2.24, 2.45) is 7.05 Å². The van der Waals surface area contributed by atoms with E-state index in [0.29, 0.717) is 0 Å². The van der Waals surface area contributed by atoms with Crippen LogP contribution in [0.4, 0.5) is 0 Å². The Bertz CT molecular complexity index is 595. The number of benzene rings is 1. The van der Waals surface area contributed by atoms with Gasteiger partial charge >= 0.3 is 0 Å². The van der Waals surface area contributed by atoms with Crippen LogP contribution < -0.4 is 10.1 Å². The third kappa shape index (κ3) is 2.81. The number of hydrogen-bond acceptors (Lipinski definition) is 3. The first-order valence-electron chi connectivity index (χ1n) is 6.63. The summed E-state index contributed by atoms with van der Waals surface area (Å²) in [5.41, 5.74) is 3.17. The molecule has 0 saturated heterocycles. The minimum atomic E-state index is 0.000509. The van der Waals surface area contributed by atoms with E-state index in [0.717, 1.165) is 34.1 Å². The molecular formula is C15H20ClN3O. The maximum atomic E-state index is 6.25. The lowest BCUT2D eigenvalue weighted by atomic mass is 10.0. The van der Waals surface area contributed by atoms with Crippen LogP contribution >= 0.6 is 11.6 Å². The van der Waals surface area contributed by atoms with Gasteiger partial charge in [0, 0.05) is 12.1 Å². The summed E-state index contributed by atoms with van der Waals surface area (Å²) >= 11 is 6.25. The largest absolute Gasteiger partial charge is 0.493 e. The number of halogens is 1. The number of rotatable bonds is 5. The molecule has 1 N–H and O–H groups in total. The second-order valence-electron chi connectivity index (χ2n) is 4.72. The Morgan fingerprint density at radius 1 is 1.45 bits per heavy atom. The molecule has 5 heteroatoms. The van der Waals surface area contributed by atoms with Gasteiger partial charge in [-0.25, -0.2) is 0 Å². The number of aromatic nitrogens is 2. The van der Waals surface area contributed by atoms with E-state index in [9.17, 15) is 0 Å². The summed E-state index contributed by atoms with van der Waals surface area (Å²) in [6.07, 6.45) is 1.73. The summed E-state index contributed by atoms with van der Waals surface area (Å²) in [4.78, 5) is 0. The van der Waals surface area contributed by atoms with Crippen molar-refractivity contribution < 1.29 is 4.74 Å². The zero-order valence-electron chi connectivity index (χ0n) is 12.3. The van der Waals surface area contributed by atoms with Crippen molar-refractivity contribution in [3.8, 4) is 5.75 Å². The Balaban J connectivity index is 2.49. The predicted octanol–water partition coefficient (Wildman–Crippen LogP) is 3.09. The molecule has 0 aliphatic carbocycles. The molecule has 0 radical (unpaired) electrons. The van der Waals surface area contributed by atoms with E-state index in [4.69, 9.17) is 16.3 Å². The summed E-state index contributed by atoms with van der Waals surface area (Å²) in [6.45, 7) is 4.91. The van der Waals surface area contributed by atoms with E-state index >= 15 is 0 Å². The van der Waals surface area contributed by atoms with Crippen molar-refractivity contribution in [3.63, 3.8) is 0 Å². The molecule has 0 saturated carbocycles. The third-order valence-corrected chi connectivity index (χ3v) is 3.79. The number of nitrogens with one attached hydrogen (secondary N) is 1. The highest BCUT2D eigenvalue weighted by Crippen LogP contribution is 2.31. The Morgan fingerprint density at radius 2 is 2.20 bits per heavy atom. The summed E-state index contributed by atoms with van der Waals surface area (Å²) in [7, 11) is 3.57. The molecule has 20 heavy (non-hydrogen) atoms. The maximum Gasteiger partial charge on any atom is 0.161 e. The Kier molecular flexibility index (Phi) is 4.68. The molecule has 0 fully saturated rings. The highest BCUT2D eigenvalue weighted by atomic mass is 35.5. The first-order valence-corrected chi connectivity index (χ1v) is 7.01. The zero-order valence-corrected chi connectivity index (χ0v) is 13.0. The van der Waals surface area contributed by atoms with Crippen LogP contribution in [0.25, 0.3) is 0 Å². The molecule has 1 aromatic heterocycles. The van der Waals surface area contributed by atoms with Crippen LogP contribution in [0.15, 0.2) is 24.4 Å². The number of hydrogen-bond donors (Lipinski definition) is 1. The van der Waals surface area contributed by atoms with E-state index in [2.05, 4.69) is 23.4 Å². The van der Waals surface area contributed by atoms with Gasteiger partial charge in [0.2, 0.25) is 0 Å². The van der Waals surface area contributed by atoms with Crippen LogP contribution in [-0.2, 0) is 7.05 Å². The highest BCUT2D eigenvalue weighted by Gasteiger charge is 2.22. The maximum absolute atomic E-state index is 6.25. The SMILES string of the molecule is CCNC(c1ccc(C)c(Cl)c1)c1c(OC)cnn1C. The summed E-state index contributed by atoms with van der Waals surface area (Å²) in [5, 5.41) is 8.51. The molecule has 1 atom stereocenters. The molecule has 0 aliphatic heterocycles. The highest BCUT2D eigenvalue weighted by molar-refractivity contribution is 6.31. The Morgan fingerprint density at radius 3 is 2.80 bits per heavy atom. The molecule has 2 rings (SSSR count). The average Bonchev–Trinajstić information content (AvgIpc) is 2.80. The smallest absolute Gasteiger partial charge is 0.161 e. The topological polar surface area (TPSA) is 39.1 Å². The van der Waals surface area contributed by atoms with Gasteiger partial charge < -0.3 is 10.1 Å². The minimum Gasteiger partial charge on any atom is -0.493 e.